The number of rotatable bonds is 5. The van der Waals surface area contributed by atoms with Gasteiger partial charge in [0.05, 0.1) is 5.52 Å². The van der Waals surface area contributed by atoms with Crippen LogP contribution >= 0.6 is 11.8 Å². The van der Waals surface area contributed by atoms with Crippen molar-refractivity contribution in [3.8, 4) is 16.8 Å². The standard InChI is InChI=1S/C62H56BN2OS/c1-60(2,3)38-24-28-41(29-25-38)64-47-30-26-39(61(4,5)6)32-43(47)55-56-57-53(54-42-22-16-17-23-50(42)66-58(54)55)44-33-40(62(7,8)9)27-31-48(44)65(57)49-34-45-51(35-46(49)63-56)67-59(37-20-14-11-15-21-37)52(45)36-18-12-10-13-19-36/h10-35,52,59,64H,1-9H3. The first kappa shape index (κ1) is 42.0. The maximum absolute atomic E-state index is 7.28. The van der Waals surface area contributed by atoms with Gasteiger partial charge in [0, 0.05) is 71.3 Å². The average Bonchev–Trinajstić information content (AvgIpc) is 3.98. The Morgan fingerprint density at radius 3 is 1.91 bits per heavy atom. The predicted molar refractivity (Wildman–Crippen MR) is 288 cm³/mol. The number of aromatic nitrogens is 1. The zero-order valence-corrected chi connectivity index (χ0v) is 40.8. The van der Waals surface area contributed by atoms with Crippen molar-refractivity contribution < 1.29 is 4.42 Å². The van der Waals surface area contributed by atoms with Gasteiger partial charge in [-0.25, -0.2) is 0 Å². The molecule has 1 radical (unpaired) electrons. The third kappa shape index (κ3) is 6.79. The van der Waals surface area contributed by atoms with Crippen LogP contribution in [0.15, 0.2) is 167 Å². The van der Waals surface area contributed by atoms with Gasteiger partial charge in [-0.1, -0.05) is 177 Å². The zero-order chi connectivity index (χ0) is 46.1. The summed E-state index contributed by atoms with van der Waals surface area (Å²) in [7, 11) is 2.49. The number of benzene rings is 8. The molecule has 3 nitrogen and oxygen atoms in total. The van der Waals surface area contributed by atoms with Crippen LogP contribution in [0.25, 0.3) is 60.6 Å². The summed E-state index contributed by atoms with van der Waals surface area (Å²) in [6, 6.07) is 59.2. The lowest BCUT2D eigenvalue weighted by molar-refractivity contribution is 0.590. The third-order valence-corrected chi connectivity index (χ3v) is 15.9. The van der Waals surface area contributed by atoms with Gasteiger partial charge in [0.25, 0.3) is 0 Å². The van der Waals surface area contributed by atoms with Crippen LogP contribution in [0.4, 0.5) is 11.4 Å². The summed E-state index contributed by atoms with van der Waals surface area (Å²) >= 11 is 2.01. The summed E-state index contributed by atoms with van der Waals surface area (Å²) in [6.45, 7) is 20.7. The number of nitrogens with zero attached hydrogens (tertiary/aromatic N) is 1. The van der Waals surface area contributed by atoms with Crippen LogP contribution in [-0.2, 0) is 16.2 Å². The van der Waals surface area contributed by atoms with Crippen molar-refractivity contribution in [3.63, 3.8) is 0 Å². The molecule has 2 unspecified atom stereocenters. The number of para-hydroxylation sites is 1. The first-order valence-electron chi connectivity index (χ1n) is 23.9. The van der Waals surface area contributed by atoms with Crippen molar-refractivity contribution in [1.82, 2.24) is 4.57 Å². The maximum atomic E-state index is 7.28. The first-order chi connectivity index (χ1) is 32.1. The van der Waals surface area contributed by atoms with Crippen LogP contribution in [0.1, 0.15) is 107 Å². The van der Waals surface area contributed by atoms with Gasteiger partial charge in [-0.3, -0.25) is 0 Å². The Balaban J connectivity index is 1.19. The molecule has 0 spiro atoms. The SMILES string of the molecule is CC(C)(C)c1ccc(Nc2ccc(C(C)(C)C)cc2-c2c3c4c(c5cc(C(C)(C)C)ccc5n4-c4cc5c(cc4[B]3)SC(c3ccccc3)C5c3ccccc3)c3c2oc2ccccc23)cc1. The molecule has 2 aromatic heterocycles. The molecule has 10 aromatic rings. The highest BCUT2D eigenvalue weighted by molar-refractivity contribution is 8.00. The highest BCUT2D eigenvalue weighted by Crippen LogP contribution is 2.58. The summed E-state index contributed by atoms with van der Waals surface area (Å²) < 4.78 is 9.89. The van der Waals surface area contributed by atoms with Crippen LogP contribution in [0.3, 0.4) is 0 Å². The largest absolute Gasteiger partial charge is 0.455 e. The van der Waals surface area contributed by atoms with E-state index in [9.17, 15) is 0 Å². The smallest absolute Gasteiger partial charge is 0.198 e. The minimum Gasteiger partial charge on any atom is -0.455 e. The second kappa shape index (κ2) is 15.0. The van der Waals surface area contributed by atoms with Crippen LogP contribution < -0.4 is 16.2 Å². The minimum absolute atomic E-state index is 0.0420. The molecule has 4 heterocycles. The number of hydrogen-bond acceptors (Lipinski definition) is 3. The minimum atomic E-state index is -0.0904. The van der Waals surface area contributed by atoms with Gasteiger partial charge in [-0.05, 0) is 104 Å². The lowest BCUT2D eigenvalue weighted by atomic mass is 9.58. The van der Waals surface area contributed by atoms with Gasteiger partial charge in [-0.15, -0.1) is 11.8 Å². The number of furan rings is 1. The van der Waals surface area contributed by atoms with E-state index in [1.54, 1.807) is 0 Å². The molecule has 0 bridgehead atoms. The van der Waals surface area contributed by atoms with Crippen LogP contribution in [0, 0.1) is 0 Å². The number of anilines is 2. The van der Waals surface area contributed by atoms with E-state index in [4.69, 9.17) is 4.42 Å². The molecule has 2 aliphatic heterocycles. The quantitative estimate of drug-likeness (QED) is 0.175. The zero-order valence-electron chi connectivity index (χ0n) is 40.0. The molecule has 0 saturated carbocycles. The molecule has 2 aliphatic rings. The summed E-state index contributed by atoms with van der Waals surface area (Å²) in [4.78, 5) is 1.34. The highest BCUT2D eigenvalue weighted by atomic mass is 32.2. The van der Waals surface area contributed by atoms with Gasteiger partial charge in [0.1, 0.15) is 11.2 Å². The predicted octanol–water partition coefficient (Wildman–Crippen LogP) is 15.9. The number of nitrogens with one attached hydrogen (secondary N) is 1. The molecule has 8 aromatic carbocycles. The molecular weight excluding hydrogens is 832 g/mol. The molecule has 0 fully saturated rings. The molecule has 12 rings (SSSR count). The molecule has 0 amide bonds. The Morgan fingerprint density at radius 2 is 1.21 bits per heavy atom. The van der Waals surface area contributed by atoms with Crippen molar-refractivity contribution in [2.24, 2.45) is 0 Å². The fourth-order valence-corrected chi connectivity index (χ4v) is 12.4. The van der Waals surface area contributed by atoms with Gasteiger partial charge in [0.15, 0.2) is 7.28 Å². The van der Waals surface area contributed by atoms with E-state index in [-0.39, 0.29) is 27.4 Å². The van der Waals surface area contributed by atoms with Crippen LogP contribution in [0.2, 0.25) is 0 Å². The monoisotopic (exact) mass is 887 g/mol. The Morgan fingerprint density at radius 1 is 0.582 bits per heavy atom. The fourth-order valence-electron chi connectivity index (χ4n) is 10.9. The number of thioether (sulfide) groups is 1. The van der Waals surface area contributed by atoms with E-state index in [1.807, 2.05) is 11.8 Å². The topological polar surface area (TPSA) is 30.1 Å². The maximum Gasteiger partial charge on any atom is 0.198 e. The Labute approximate surface area is 399 Å². The van der Waals surface area contributed by atoms with Crippen molar-refractivity contribution in [3.05, 3.63) is 191 Å². The summed E-state index contributed by atoms with van der Waals surface area (Å²) in [5.41, 5.74) is 20.1. The third-order valence-electron chi connectivity index (χ3n) is 14.5. The molecule has 5 heteroatoms. The summed E-state index contributed by atoms with van der Waals surface area (Å²) in [5, 5.41) is 8.99. The van der Waals surface area contributed by atoms with Gasteiger partial charge in [0.2, 0.25) is 0 Å². The Kier molecular flexibility index (Phi) is 9.42. The van der Waals surface area contributed by atoms with E-state index in [0.717, 1.165) is 39.1 Å². The molecule has 1 N–H and O–H groups in total. The number of fused-ring (bicyclic) bond motifs is 10. The normalized spacial score (nSPS) is 15.9. The van der Waals surface area contributed by atoms with E-state index in [0.29, 0.717) is 0 Å². The average molecular weight is 888 g/mol. The lowest BCUT2D eigenvalue weighted by Gasteiger charge is -2.27. The van der Waals surface area contributed by atoms with Gasteiger partial charge >= 0.3 is 0 Å². The van der Waals surface area contributed by atoms with Crippen molar-refractivity contribution in [2.75, 3.05) is 5.32 Å². The molecule has 329 valence electrons. The number of hydrogen-bond donors (Lipinski definition) is 1. The van der Waals surface area contributed by atoms with Crippen molar-refractivity contribution in [2.45, 2.75) is 94.6 Å². The molecule has 0 aliphatic carbocycles. The van der Waals surface area contributed by atoms with Crippen molar-refractivity contribution in [1.29, 1.82) is 0 Å². The fraction of sp³-hybridized carbons (Fsp3) is 0.226. The lowest BCUT2D eigenvalue weighted by Crippen LogP contribution is -2.37. The van der Waals surface area contributed by atoms with Crippen LogP contribution in [0.5, 0.6) is 0 Å². The van der Waals surface area contributed by atoms with Gasteiger partial charge < -0.3 is 14.3 Å². The van der Waals surface area contributed by atoms with E-state index < -0.39 is 0 Å². The van der Waals surface area contributed by atoms with E-state index >= 15 is 0 Å². The first-order valence-corrected chi connectivity index (χ1v) is 24.8. The van der Waals surface area contributed by atoms with E-state index in [1.165, 1.54) is 82.1 Å². The summed E-state index contributed by atoms with van der Waals surface area (Å²) in [5.74, 6) is 0.196. The second-order valence-electron chi connectivity index (χ2n) is 22.0. The molecule has 67 heavy (non-hydrogen) atoms. The van der Waals surface area contributed by atoms with E-state index in [2.05, 4.69) is 237 Å². The molecule has 0 saturated heterocycles. The Hall–Kier alpha value is -6.43. The molecule has 2 atom stereocenters. The van der Waals surface area contributed by atoms with Crippen LogP contribution in [-0.4, -0.2) is 11.8 Å². The Bertz CT molecular complexity index is 3600. The van der Waals surface area contributed by atoms with Gasteiger partial charge in [-0.2, -0.15) is 0 Å². The molecular formula is C62H56BN2OS. The summed E-state index contributed by atoms with van der Waals surface area (Å²) in [6.07, 6.45) is 0. The van der Waals surface area contributed by atoms with Crippen molar-refractivity contribution >= 4 is 85.1 Å². The highest BCUT2D eigenvalue weighted by Gasteiger charge is 2.39. The second-order valence-corrected chi connectivity index (χ2v) is 23.2.